The Hall–Kier alpha value is -2.70. The molecule has 0 radical (unpaired) electrons. The average Bonchev–Trinajstić information content (AvgIpc) is 2.70. The third-order valence-electron chi connectivity index (χ3n) is 4.27. The monoisotopic (exact) mass is 496 g/mol. The van der Waals surface area contributed by atoms with Gasteiger partial charge in [0.25, 0.3) is 5.56 Å². The maximum Gasteiger partial charge on any atom is 0.266 e. The number of halogens is 2. The quantitative estimate of drug-likeness (QED) is 0.390. The third kappa shape index (κ3) is 3.66. The highest BCUT2D eigenvalue weighted by Gasteiger charge is 2.11. The number of aromatic nitrogens is 2. The van der Waals surface area contributed by atoms with Crippen LogP contribution in [0.15, 0.2) is 80.5 Å². The van der Waals surface area contributed by atoms with Crippen molar-refractivity contribution >= 4 is 54.9 Å². The van der Waals surface area contributed by atoms with E-state index in [0.717, 1.165) is 14.6 Å². The minimum atomic E-state index is -0.157. The topological polar surface area (TPSA) is 55.1 Å². The number of benzene rings is 3. The number of hydrogen-bond donors (Lipinski definition) is 1. The highest BCUT2D eigenvalue weighted by Crippen LogP contribution is 2.24. The lowest BCUT2D eigenvalue weighted by molar-refractivity contribution is 0.474. The van der Waals surface area contributed by atoms with E-state index >= 15 is 0 Å². The predicted octanol–water partition coefficient (Wildman–Crippen LogP) is 5.79. The van der Waals surface area contributed by atoms with Gasteiger partial charge in [0, 0.05) is 14.5 Å². The summed E-state index contributed by atoms with van der Waals surface area (Å²) in [4.78, 5) is 17.9. The number of rotatable bonds is 3. The lowest BCUT2D eigenvalue weighted by atomic mass is 10.2. The maximum atomic E-state index is 13.2. The third-order valence-corrected chi connectivity index (χ3v) is 5.26. The summed E-state index contributed by atoms with van der Waals surface area (Å²) in [6.07, 6.45) is 3.48. The minimum absolute atomic E-state index is 0.151. The summed E-state index contributed by atoms with van der Waals surface area (Å²) in [7, 11) is 0. The molecule has 28 heavy (non-hydrogen) atoms. The van der Waals surface area contributed by atoms with Crippen LogP contribution in [0.3, 0.4) is 0 Å². The number of phenols is 1. The molecule has 0 aliphatic carbocycles. The fraction of sp³-hybridized carbons (Fsp3) is 0. The first kappa shape index (κ1) is 18.7. The number of nitrogens with zero attached hydrogens (tertiary/aromatic N) is 2. The van der Waals surface area contributed by atoms with Crippen LogP contribution in [0.2, 0.25) is 0 Å². The van der Waals surface area contributed by atoms with E-state index in [0.29, 0.717) is 22.3 Å². The highest BCUT2D eigenvalue weighted by atomic mass is 79.9. The molecule has 0 amide bonds. The molecule has 1 N–H and O–H groups in total. The second-order valence-corrected chi connectivity index (χ2v) is 7.98. The van der Waals surface area contributed by atoms with E-state index in [-0.39, 0.29) is 11.3 Å². The molecule has 6 heteroatoms. The molecule has 4 rings (SSSR count). The van der Waals surface area contributed by atoms with E-state index in [1.54, 1.807) is 41.0 Å². The highest BCUT2D eigenvalue weighted by molar-refractivity contribution is 9.10. The molecule has 4 nitrogen and oxygen atoms in total. The molecule has 0 aliphatic heterocycles. The van der Waals surface area contributed by atoms with Crippen LogP contribution in [0.5, 0.6) is 5.75 Å². The molecule has 0 atom stereocenters. The van der Waals surface area contributed by atoms with Crippen LogP contribution in [0.4, 0.5) is 0 Å². The van der Waals surface area contributed by atoms with Crippen LogP contribution in [-0.4, -0.2) is 14.7 Å². The zero-order valence-corrected chi connectivity index (χ0v) is 17.7. The lowest BCUT2D eigenvalue weighted by Gasteiger charge is -2.11. The molecule has 0 unspecified atom stereocenters. The number of para-hydroxylation sites is 1. The van der Waals surface area contributed by atoms with Gasteiger partial charge in [0.15, 0.2) is 0 Å². The van der Waals surface area contributed by atoms with Crippen LogP contribution < -0.4 is 5.56 Å². The van der Waals surface area contributed by atoms with Crippen LogP contribution in [0, 0.1) is 0 Å². The summed E-state index contributed by atoms with van der Waals surface area (Å²) >= 11 is 6.82. The first-order chi connectivity index (χ1) is 13.5. The van der Waals surface area contributed by atoms with Gasteiger partial charge in [-0.05, 0) is 60.7 Å². The number of fused-ring (bicyclic) bond motifs is 1. The molecule has 0 spiro atoms. The average molecular weight is 498 g/mol. The van der Waals surface area contributed by atoms with Gasteiger partial charge >= 0.3 is 0 Å². The van der Waals surface area contributed by atoms with Crippen LogP contribution in [0.1, 0.15) is 11.4 Å². The first-order valence-corrected chi connectivity index (χ1v) is 10.1. The Kier molecular flexibility index (Phi) is 5.15. The molecule has 0 saturated carbocycles. The molecule has 1 heterocycles. The lowest BCUT2D eigenvalue weighted by Crippen LogP contribution is -2.22. The molecule has 0 bridgehead atoms. The summed E-state index contributed by atoms with van der Waals surface area (Å²) in [6.45, 7) is 0. The Balaban J connectivity index is 1.96. The van der Waals surface area contributed by atoms with Gasteiger partial charge < -0.3 is 5.11 Å². The first-order valence-electron chi connectivity index (χ1n) is 8.47. The molecular formula is C22H14Br2N2O2. The van der Waals surface area contributed by atoms with Gasteiger partial charge in [0.05, 0.1) is 16.6 Å². The molecule has 0 aliphatic rings. The van der Waals surface area contributed by atoms with Crippen LogP contribution in [-0.2, 0) is 0 Å². The smallest absolute Gasteiger partial charge is 0.266 e. The normalized spacial score (nSPS) is 11.4. The molecule has 0 fully saturated rings. The van der Waals surface area contributed by atoms with Crippen molar-refractivity contribution in [1.82, 2.24) is 9.55 Å². The summed E-state index contributed by atoms with van der Waals surface area (Å²) in [5.74, 6) is 0.628. The van der Waals surface area contributed by atoms with Gasteiger partial charge in [-0.3, -0.25) is 9.36 Å². The zero-order chi connectivity index (χ0) is 19.7. The number of phenolic OH excluding ortho intramolecular Hbond substituents is 1. The van der Waals surface area contributed by atoms with E-state index in [9.17, 15) is 9.90 Å². The maximum absolute atomic E-state index is 13.2. The van der Waals surface area contributed by atoms with Gasteiger partial charge in [-0.15, -0.1) is 0 Å². The summed E-state index contributed by atoms with van der Waals surface area (Å²) in [5, 5.41) is 10.6. The molecule has 4 aromatic rings. The standard InChI is InChI=1S/C22H14Br2N2O2/c23-15-8-10-20(27)14(12-15)6-11-21-25-19-9-7-16(24)13-18(19)22(28)26(21)17-4-2-1-3-5-17/h1-13,27H. The van der Waals surface area contributed by atoms with E-state index < -0.39 is 0 Å². The van der Waals surface area contributed by atoms with Gasteiger partial charge in [-0.1, -0.05) is 50.1 Å². The Morgan fingerprint density at radius 2 is 1.61 bits per heavy atom. The van der Waals surface area contributed by atoms with Crippen molar-refractivity contribution in [3.63, 3.8) is 0 Å². The molecule has 0 saturated heterocycles. The van der Waals surface area contributed by atoms with Crippen LogP contribution in [0.25, 0.3) is 28.7 Å². The molecule has 1 aromatic heterocycles. The van der Waals surface area contributed by atoms with Crippen molar-refractivity contribution in [3.05, 3.63) is 97.4 Å². The Bertz CT molecular complexity index is 1270. The minimum Gasteiger partial charge on any atom is -0.507 e. The van der Waals surface area contributed by atoms with Crippen molar-refractivity contribution in [1.29, 1.82) is 0 Å². The summed E-state index contributed by atoms with van der Waals surface area (Å²) < 4.78 is 3.24. The molecule has 138 valence electrons. The van der Waals surface area contributed by atoms with E-state index in [1.807, 2.05) is 42.5 Å². The van der Waals surface area contributed by atoms with Gasteiger partial charge in [0.2, 0.25) is 0 Å². The number of hydrogen-bond acceptors (Lipinski definition) is 3. The van der Waals surface area contributed by atoms with Crippen molar-refractivity contribution in [2.24, 2.45) is 0 Å². The SMILES string of the molecule is O=c1c2cc(Br)ccc2nc(C=Cc2cc(Br)ccc2O)n1-c1ccccc1. The van der Waals surface area contributed by atoms with Gasteiger partial charge in [-0.25, -0.2) is 4.98 Å². The molecule has 3 aromatic carbocycles. The second-order valence-electron chi connectivity index (χ2n) is 6.14. The van der Waals surface area contributed by atoms with E-state index in [2.05, 4.69) is 36.8 Å². The van der Waals surface area contributed by atoms with Crippen molar-refractivity contribution in [2.45, 2.75) is 0 Å². The summed E-state index contributed by atoms with van der Waals surface area (Å²) in [6, 6.07) is 20.0. The van der Waals surface area contributed by atoms with Crippen molar-refractivity contribution < 1.29 is 5.11 Å². The van der Waals surface area contributed by atoms with E-state index in [1.165, 1.54) is 0 Å². The predicted molar refractivity (Wildman–Crippen MR) is 120 cm³/mol. The second kappa shape index (κ2) is 7.73. The Labute approximate surface area is 178 Å². The van der Waals surface area contributed by atoms with Gasteiger partial charge in [0.1, 0.15) is 11.6 Å². The number of aromatic hydroxyl groups is 1. The van der Waals surface area contributed by atoms with Crippen molar-refractivity contribution in [3.8, 4) is 11.4 Å². The van der Waals surface area contributed by atoms with Crippen LogP contribution >= 0.6 is 31.9 Å². The van der Waals surface area contributed by atoms with Gasteiger partial charge in [-0.2, -0.15) is 0 Å². The van der Waals surface area contributed by atoms with E-state index in [4.69, 9.17) is 0 Å². The fourth-order valence-corrected chi connectivity index (χ4v) is 3.68. The Morgan fingerprint density at radius 1 is 0.893 bits per heavy atom. The zero-order valence-electron chi connectivity index (χ0n) is 14.5. The largest absolute Gasteiger partial charge is 0.507 e. The Morgan fingerprint density at radius 3 is 2.39 bits per heavy atom. The summed E-state index contributed by atoms with van der Waals surface area (Å²) in [5.41, 5.74) is 1.80. The fourth-order valence-electron chi connectivity index (χ4n) is 2.94. The molecular weight excluding hydrogens is 484 g/mol. The van der Waals surface area contributed by atoms with Crippen molar-refractivity contribution in [2.75, 3.05) is 0 Å².